The lowest BCUT2D eigenvalue weighted by atomic mass is 10.2. The number of benzene rings is 1. The quantitative estimate of drug-likeness (QED) is 0.748. The van der Waals surface area contributed by atoms with Gasteiger partial charge in [0.1, 0.15) is 5.51 Å². The molecule has 0 saturated carbocycles. The number of carbonyl (C=O) groups excluding carboxylic acids is 1. The van der Waals surface area contributed by atoms with Gasteiger partial charge in [-0.05, 0) is 6.07 Å². The van der Waals surface area contributed by atoms with Gasteiger partial charge in [-0.25, -0.2) is 0 Å². The molecule has 1 aromatic heterocycles. The standard InChI is InChI=1S/C9H6N2OS2/c12-5-7-3-1-2-4-8(7)14-9-11-10-6-13-9/h1-6H. The first-order valence-electron chi connectivity index (χ1n) is 3.88. The molecule has 0 radical (unpaired) electrons. The van der Waals surface area contributed by atoms with E-state index >= 15 is 0 Å². The highest BCUT2D eigenvalue weighted by Gasteiger charge is 2.04. The van der Waals surface area contributed by atoms with Crippen molar-refractivity contribution in [3.8, 4) is 0 Å². The second-order valence-electron chi connectivity index (χ2n) is 2.46. The van der Waals surface area contributed by atoms with Crippen molar-refractivity contribution in [1.29, 1.82) is 0 Å². The van der Waals surface area contributed by atoms with Crippen LogP contribution in [0.1, 0.15) is 10.4 Å². The molecule has 1 aromatic carbocycles. The molecular formula is C9H6N2OS2. The highest BCUT2D eigenvalue weighted by Crippen LogP contribution is 2.30. The zero-order valence-electron chi connectivity index (χ0n) is 7.08. The second-order valence-corrected chi connectivity index (χ2v) is 4.58. The summed E-state index contributed by atoms with van der Waals surface area (Å²) in [6.07, 6.45) is 0.851. The summed E-state index contributed by atoms with van der Waals surface area (Å²) in [7, 11) is 0. The van der Waals surface area contributed by atoms with Gasteiger partial charge in [0, 0.05) is 10.5 Å². The van der Waals surface area contributed by atoms with Gasteiger partial charge in [-0.15, -0.1) is 10.2 Å². The molecule has 0 spiro atoms. The van der Waals surface area contributed by atoms with Crippen LogP contribution < -0.4 is 0 Å². The molecule has 5 heteroatoms. The third-order valence-corrected chi connectivity index (χ3v) is 3.45. The number of hydrogen-bond acceptors (Lipinski definition) is 5. The van der Waals surface area contributed by atoms with Crippen LogP contribution in [-0.4, -0.2) is 16.5 Å². The largest absolute Gasteiger partial charge is 0.298 e. The Balaban J connectivity index is 2.28. The van der Waals surface area contributed by atoms with Crippen LogP contribution in [0.5, 0.6) is 0 Å². The third kappa shape index (κ3) is 2.00. The van der Waals surface area contributed by atoms with Crippen molar-refractivity contribution in [2.45, 2.75) is 9.24 Å². The van der Waals surface area contributed by atoms with E-state index in [-0.39, 0.29) is 0 Å². The van der Waals surface area contributed by atoms with E-state index in [1.54, 1.807) is 11.6 Å². The maximum Gasteiger partial charge on any atom is 0.178 e. The van der Waals surface area contributed by atoms with E-state index < -0.39 is 0 Å². The molecule has 2 aromatic rings. The molecule has 0 saturated heterocycles. The molecule has 2 rings (SSSR count). The summed E-state index contributed by atoms with van der Waals surface area (Å²) < 4.78 is 0.847. The van der Waals surface area contributed by atoms with Gasteiger partial charge < -0.3 is 0 Å². The second kappa shape index (κ2) is 4.34. The molecule has 0 N–H and O–H groups in total. The molecule has 0 fully saturated rings. The van der Waals surface area contributed by atoms with Crippen LogP contribution in [-0.2, 0) is 0 Å². The van der Waals surface area contributed by atoms with Crippen molar-refractivity contribution >= 4 is 29.4 Å². The summed E-state index contributed by atoms with van der Waals surface area (Å²) in [4.78, 5) is 11.6. The van der Waals surface area contributed by atoms with Crippen LogP contribution in [0.15, 0.2) is 39.0 Å². The van der Waals surface area contributed by atoms with Crippen LogP contribution in [0.25, 0.3) is 0 Å². The normalized spacial score (nSPS) is 10.0. The Bertz CT molecular complexity index is 428. The van der Waals surface area contributed by atoms with E-state index in [1.165, 1.54) is 23.1 Å². The number of rotatable bonds is 3. The first-order valence-corrected chi connectivity index (χ1v) is 5.58. The van der Waals surface area contributed by atoms with Gasteiger partial charge in [0.2, 0.25) is 0 Å². The van der Waals surface area contributed by atoms with E-state index in [0.29, 0.717) is 5.56 Å². The van der Waals surface area contributed by atoms with Crippen LogP contribution in [0, 0.1) is 0 Å². The molecule has 1 heterocycles. The van der Waals surface area contributed by atoms with E-state index in [2.05, 4.69) is 10.2 Å². The van der Waals surface area contributed by atoms with Gasteiger partial charge in [0.15, 0.2) is 10.6 Å². The summed E-state index contributed by atoms with van der Waals surface area (Å²) in [5.74, 6) is 0. The molecule has 0 unspecified atom stereocenters. The Morgan fingerprint density at radius 2 is 2.21 bits per heavy atom. The van der Waals surface area contributed by atoms with Crippen LogP contribution in [0.2, 0.25) is 0 Å². The van der Waals surface area contributed by atoms with E-state index in [0.717, 1.165) is 15.5 Å². The van der Waals surface area contributed by atoms with Gasteiger partial charge in [-0.2, -0.15) is 0 Å². The van der Waals surface area contributed by atoms with Crippen molar-refractivity contribution < 1.29 is 4.79 Å². The maximum atomic E-state index is 10.7. The predicted octanol–water partition coefficient (Wildman–Crippen LogP) is 2.50. The SMILES string of the molecule is O=Cc1ccccc1Sc1nncs1. The molecule has 0 aliphatic heterocycles. The highest BCUT2D eigenvalue weighted by molar-refractivity contribution is 8.01. The highest BCUT2D eigenvalue weighted by atomic mass is 32.2. The lowest BCUT2D eigenvalue weighted by Crippen LogP contribution is -1.83. The molecule has 14 heavy (non-hydrogen) atoms. The molecule has 70 valence electrons. The summed E-state index contributed by atoms with van der Waals surface area (Å²) in [5.41, 5.74) is 2.36. The Morgan fingerprint density at radius 1 is 1.36 bits per heavy atom. The van der Waals surface area contributed by atoms with Gasteiger partial charge in [-0.1, -0.05) is 41.3 Å². The van der Waals surface area contributed by atoms with E-state index in [1.807, 2.05) is 18.2 Å². The van der Waals surface area contributed by atoms with Crippen molar-refractivity contribution in [3.63, 3.8) is 0 Å². The number of nitrogens with zero attached hydrogens (tertiary/aromatic N) is 2. The number of aromatic nitrogens is 2. The first-order chi connectivity index (χ1) is 6.90. The maximum absolute atomic E-state index is 10.7. The molecule has 0 aliphatic rings. The van der Waals surface area contributed by atoms with Crippen molar-refractivity contribution in [3.05, 3.63) is 35.3 Å². The van der Waals surface area contributed by atoms with Gasteiger partial charge in [-0.3, -0.25) is 4.79 Å². The topological polar surface area (TPSA) is 42.9 Å². The number of carbonyl (C=O) groups is 1. The molecule has 0 aliphatic carbocycles. The van der Waals surface area contributed by atoms with Gasteiger partial charge in [0.25, 0.3) is 0 Å². The molecule has 0 amide bonds. The Kier molecular flexibility index (Phi) is 2.90. The van der Waals surface area contributed by atoms with E-state index in [4.69, 9.17) is 0 Å². The average molecular weight is 222 g/mol. The minimum atomic E-state index is 0.688. The average Bonchev–Trinajstić information content (AvgIpc) is 2.71. The van der Waals surface area contributed by atoms with Gasteiger partial charge in [0.05, 0.1) is 0 Å². The van der Waals surface area contributed by atoms with Crippen molar-refractivity contribution in [2.24, 2.45) is 0 Å². The smallest absolute Gasteiger partial charge is 0.178 e. The fourth-order valence-electron chi connectivity index (χ4n) is 0.972. The Morgan fingerprint density at radius 3 is 2.93 bits per heavy atom. The summed E-state index contributed by atoms with van der Waals surface area (Å²) in [6, 6.07) is 7.43. The third-order valence-electron chi connectivity index (χ3n) is 1.58. The molecular weight excluding hydrogens is 216 g/mol. The predicted molar refractivity (Wildman–Crippen MR) is 55.9 cm³/mol. The zero-order chi connectivity index (χ0) is 9.80. The molecule has 3 nitrogen and oxygen atoms in total. The Labute approximate surface area is 89.2 Å². The molecule has 0 atom stereocenters. The lowest BCUT2D eigenvalue weighted by molar-refractivity contribution is 0.112. The summed E-state index contributed by atoms with van der Waals surface area (Å²) in [5, 5.41) is 7.64. The first kappa shape index (κ1) is 9.36. The molecule has 0 bridgehead atoms. The van der Waals surface area contributed by atoms with Crippen LogP contribution in [0.3, 0.4) is 0 Å². The summed E-state index contributed by atoms with van der Waals surface area (Å²) in [6.45, 7) is 0. The van der Waals surface area contributed by atoms with Crippen molar-refractivity contribution in [1.82, 2.24) is 10.2 Å². The fourth-order valence-corrected chi connectivity index (χ4v) is 2.50. The Hall–Kier alpha value is -1.20. The monoisotopic (exact) mass is 222 g/mol. The minimum absolute atomic E-state index is 0.688. The van der Waals surface area contributed by atoms with Crippen LogP contribution in [0.4, 0.5) is 0 Å². The van der Waals surface area contributed by atoms with Crippen LogP contribution >= 0.6 is 23.1 Å². The zero-order valence-corrected chi connectivity index (χ0v) is 8.72. The fraction of sp³-hybridized carbons (Fsp3) is 0. The number of aldehydes is 1. The van der Waals surface area contributed by atoms with Crippen molar-refractivity contribution in [2.75, 3.05) is 0 Å². The summed E-state index contributed by atoms with van der Waals surface area (Å²) >= 11 is 2.92. The minimum Gasteiger partial charge on any atom is -0.298 e. The number of hydrogen-bond donors (Lipinski definition) is 0. The lowest BCUT2D eigenvalue weighted by Gasteiger charge is -1.99. The van der Waals surface area contributed by atoms with E-state index in [9.17, 15) is 4.79 Å². The van der Waals surface area contributed by atoms with Gasteiger partial charge >= 0.3 is 0 Å².